The molecule has 0 bridgehead atoms. The number of urea groups is 1. The van der Waals surface area contributed by atoms with Crippen LogP contribution in [0.25, 0.3) is 0 Å². The highest BCUT2D eigenvalue weighted by molar-refractivity contribution is 6.02. The van der Waals surface area contributed by atoms with Crippen molar-refractivity contribution in [3.8, 4) is 0 Å². The van der Waals surface area contributed by atoms with Gasteiger partial charge in [0.1, 0.15) is 24.7 Å². The summed E-state index contributed by atoms with van der Waals surface area (Å²) in [6.45, 7) is 2.64. The molecule has 2 heterocycles. The Labute approximate surface area is 146 Å². The lowest BCUT2D eigenvalue weighted by atomic mass is 10.1. The van der Waals surface area contributed by atoms with E-state index in [1.165, 1.54) is 5.06 Å². The van der Waals surface area contributed by atoms with Gasteiger partial charge in [0.15, 0.2) is 0 Å². The van der Waals surface area contributed by atoms with Gasteiger partial charge in [0.2, 0.25) is 6.04 Å². The largest absolute Gasteiger partial charge is 0.450 e. The number of para-hydroxylation sites is 1. The van der Waals surface area contributed by atoms with Crippen LogP contribution < -0.4 is 10.2 Å². The van der Waals surface area contributed by atoms with Crippen LogP contribution in [0.15, 0.2) is 35.3 Å². The minimum absolute atomic E-state index is 0.0432. The van der Waals surface area contributed by atoms with Gasteiger partial charge in [-0.3, -0.25) is 9.63 Å². The van der Waals surface area contributed by atoms with Crippen molar-refractivity contribution in [1.29, 1.82) is 0 Å². The zero-order valence-corrected chi connectivity index (χ0v) is 14.4. The van der Waals surface area contributed by atoms with E-state index in [0.717, 1.165) is 0 Å². The Balaban J connectivity index is 2.07. The molecular formula is C17H23N4O4+. The summed E-state index contributed by atoms with van der Waals surface area (Å²) in [4.78, 5) is 35.2. The molecule has 25 heavy (non-hydrogen) atoms. The van der Waals surface area contributed by atoms with E-state index in [9.17, 15) is 9.59 Å². The van der Waals surface area contributed by atoms with Gasteiger partial charge in [-0.1, -0.05) is 18.2 Å². The second-order valence-corrected chi connectivity index (χ2v) is 6.35. The standard InChI is InChI=1S/C17H22N4O4/c1-12-10-15(20(2)25-12)19-17(23)21(13-6-4-3-5-7-13)8-9-24-11-14(21)16(18)22/h3-7,12,14H,8-11H2,1-2H3,(H-,18,22)/p+1. The van der Waals surface area contributed by atoms with E-state index in [1.807, 2.05) is 37.3 Å². The lowest BCUT2D eigenvalue weighted by molar-refractivity contribution is -0.126. The number of hydrogen-bond acceptors (Lipinski definition) is 4. The fourth-order valence-electron chi connectivity index (χ4n) is 3.40. The Kier molecular flexibility index (Phi) is 4.85. The number of ether oxygens (including phenoxy) is 1. The molecule has 3 unspecified atom stereocenters. The lowest BCUT2D eigenvalue weighted by Gasteiger charge is -2.41. The molecule has 0 radical (unpaired) electrons. The number of hydrogen-bond donors (Lipinski definition) is 1. The topological polar surface area (TPSA) is 94.2 Å². The lowest BCUT2D eigenvalue weighted by Crippen LogP contribution is -2.69. The van der Waals surface area contributed by atoms with Crippen molar-refractivity contribution >= 4 is 23.5 Å². The zero-order chi connectivity index (χ0) is 18.0. The molecular weight excluding hydrogens is 324 g/mol. The first-order valence-corrected chi connectivity index (χ1v) is 8.28. The molecule has 0 aliphatic carbocycles. The third kappa shape index (κ3) is 3.15. The number of quaternary nitrogens is 1. The zero-order valence-electron chi connectivity index (χ0n) is 14.4. The van der Waals surface area contributed by atoms with E-state index < -0.39 is 18.0 Å². The van der Waals surface area contributed by atoms with Gasteiger partial charge in [-0.2, -0.15) is 4.48 Å². The van der Waals surface area contributed by atoms with Crippen LogP contribution in [0.2, 0.25) is 0 Å². The number of carbonyl (C=O) groups excluding carboxylic acids is 2. The van der Waals surface area contributed by atoms with Gasteiger partial charge in [0.25, 0.3) is 5.91 Å². The average molecular weight is 347 g/mol. The van der Waals surface area contributed by atoms with E-state index in [0.29, 0.717) is 31.1 Å². The van der Waals surface area contributed by atoms with Crippen molar-refractivity contribution in [2.45, 2.75) is 25.5 Å². The molecule has 1 aromatic carbocycles. The summed E-state index contributed by atoms with van der Waals surface area (Å²) in [5.74, 6) is -0.0397. The number of primary amides is 1. The third-order valence-electron chi connectivity index (χ3n) is 4.68. The minimum atomic E-state index is -0.821. The summed E-state index contributed by atoms with van der Waals surface area (Å²) in [5, 5.41) is 1.50. The molecule has 8 nitrogen and oxygen atoms in total. The molecule has 8 heteroatoms. The van der Waals surface area contributed by atoms with E-state index in [1.54, 1.807) is 7.05 Å². The summed E-state index contributed by atoms with van der Waals surface area (Å²) < 4.78 is 5.16. The van der Waals surface area contributed by atoms with Crippen LogP contribution in [0, 0.1) is 0 Å². The first-order valence-electron chi connectivity index (χ1n) is 8.28. The van der Waals surface area contributed by atoms with Gasteiger partial charge in [0, 0.05) is 13.5 Å². The van der Waals surface area contributed by atoms with E-state index in [4.69, 9.17) is 15.3 Å². The summed E-state index contributed by atoms with van der Waals surface area (Å²) in [5.41, 5.74) is 6.28. The first kappa shape index (κ1) is 17.5. The van der Waals surface area contributed by atoms with Crippen molar-refractivity contribution in [3.05, 3.63) is 30.3 Å². The number of rotatable bonds is 2. The molecule has 2 fully saturated rings. The Morgan fingerprint density at radius 2 is 2.04 bits per heavy atom. The van der Waals surface area contributed by atoms with Crippen LogP contribution in [0.4, 0.5) is 10.5 Å². The van der Waals surface area contributed by atoms with Crippen LogP contribution in [0.5, 0.6) is 0 Å². The molecule has 3 atom stereocenters. The number of benzene rings is 1. The number of morpholine rings is 1. The number of nitrogens with zero attached hydrogens (tertiary/aromatic N) is 3. The molecule has 1 aromatic rings. The van der Waals surface area contributed by atoms with Crippen molar-refractivity contribution < 1.29 is 19.2 Å². The molecule has 3 amide bonds. The smallest absolute Gasteiger partial charge is 0.369 e. The second-order valence-electron chi connectivity index (χ2n) is 6.35. The van der Waals surface area contributed by atoms with Crippen molar-refractivity contribution in [1.82, 2.24) is 9.55 Å². The summed E-state index contributed by atoms with van der Waals surface area (Å²) in [7, 11) is 1.72. The van der Waals surface area contributed by atoms with Crippen molar-refractivity contribution in [2.24, 2.45) is 10.7 Å². The Morgan fingerprint density at radius 3 is 2.64 bits per heavy atom. The summed E-state index contributed by atoms with van der Waals surface area (Å²) >= 11 is 0. The summed E-state index contributed by atoms with van der Waals surface area (Å²) in [6, 6.07) is 7.90. The van der Waals surface area contributed by atoms with E-state index in [-0.39, 0.29) is 17.2 Å². The molecule has 2 aliphatic heterocycles. The summed E-state index contributed by atoms with van der Waals surface area (Å²) in [6.07, 6.45) is 0.493. The molecule has 0 saturated carbocycles. The Hall–Kier alpha value is -2.29. The number of carbonyl (C=O) groups is 2. The molecule has 2 saturated heterocycles. The Bertz CT molecular complexity index is 693. The fraction of sp³-hybridized carbons (Fsp3) is 0.471. The third-order valence-corrected chi connectivity index (χ3v) is 4.68. The highest BCUT2D eigenvalue weighted by Crippen LogP contribution is 2.31. The molecule has 2 N–H and O–H groups in total. The van der Waals surface area contributed by atoms with Gasteiger partial charge >= 0.3 is 6.03 Å². The highest BCUT2D eigenvalue weighted by Gasteiger charge is 2.52. The number of amidine groups is 1. The predicted molar refractivity (Wildman–Crippen MR) is 92.7 cm³/mol. The van der Waals surface area contributed by atoms with E-state index >= 15 is 0 Å². The van der Waals surface area contributed by atoms with Crippen LogP contribution in [0.1, 0.15) is 13.3 Å². The minimum Gasteiger partial charge on any atom is -0.369 e. The van der Waals surface area contributed by atoms with E-state index in [2.05, 4.69) is 4.99 Å². The fourth-order valence-corrected chi connectivity index (χ4v) is 3.40. The van der Waals surface area contributed by atoms with Gasteiger partial charge in [0.05, 0.1) is 12.7 Å². The quantitative estimate of drug-likeness (QED) is 0.807. The number of aliphatic imine (C=N–C) groups is 1. The normalized spacial score (nSPS) is 31.3. The monoisotopic (exact) mass is 347 g/mol. The maximum atomic E-state index is 13.3. The Morgan fingerprint density at radius 1 is 1.32 bits per heavy atom. The molecule has 134 valence electrons. The maximum absolute atomic E-state index is 13.3. The second kappa shape index (κ2) is 6.91. The molecule has 0 spiro atoms. The van der Waals surface area contributed by atoms with Crippen LogP contribution in [-0.2, 0) is 14.4 Å². The number of nitrogens with two attached hydrogens (primary N) is 1. The highest BCUT2D eigenvalue weighted by atomic mass is 16.7. The SMILES string of the molecule is CC1CC(=NC(=O)[N+]2(c3ccccc3)CCOCC2C(N)=O)N(C)O1. The maximum Gasteiger partial charge on any atom is 0.450 e. The van der Waals surface area contributed by atoms with Crippen molar-refractivity contribution in [3.63, 3.8) is 0 Å². The van der Waals surface area contributed by atoms with Crippen LogP contribution >= 0.6 is 0 Å². The molecule has 3 rings (SSSR count). The first-order chi connectivity index (χ1) is 11.9. The van der Waals surface area contributed by atoms with Crippen LogP contribution in [-0.4, -0.2) is 61.8 Å². The average Bonchev–Trinajstić information content (AvgIpc) is 2.92. The number of hydroxylamine groups is 2. The van der Waals surface area contributed by atoms with Gasteiger partial charge < -0.3 is 10.5 Å². The molecule has 2 aliphatic rings. The number of amides is 3. The van der Waals surface area contributed by atoms with Crippen LogP contribution in [0.3, 0.4) is 0 Å². The van der Waals surface area contributed by atoms with Gasteiger partial charge in [-0.25, -0.2) is 9.86 Å². The predicted octanol–water partition coefficient (Wildman–Crippen LogP) is 1.05. The van der Waals surface area contributed by atoms with Crippen molar-refractivity contribution in [2.75, 3.05) is 26.8 Å². The molecule has 0 aromatic heterocycles. The van der Waals surface area contributed by atoms with Gasteiger partial charge in [-0.05, 0) is 19.1 Å². The van der Waals surface area contributed by atoms with Gasteiger partial charge in [-0.15, -0.1) is 4.99 Å².